The number of carbonyl (C=O) groups excluding carboxylic acids is 1. The second kappa shape index (κ2) is 6.53. The molecule has 8 nitrogen and oxygen atoms in total. The highest BCUT2D eigenvalue weighted by Gasteiger charge is 2.26. The van der Waals surface area contributed by atoms with Gasteiger partial charge < -0.3 is 24.3 Å². The molecule has 0 atom stereocenters. The van der Waals surface area contributed by atoms with Gasteiger partial charge in [-0.15, -0.1) is 0 Å². The van der Waals surface area contributed by atoms with Crippen molar-refractivity contribution in [1.29, 1.82) is 0 Å². The Labute approximate surface area is 116 Å². The second-order valence-corrected chi connectivity index (χ2v) is 4.45. The van der Waals surface area contributed by atoms with E-state index in [-0.39, 0.29) is 17.6 Å². The molecule has 108 valence electrons. The number of piperidine rings is 1. The normalized spacial score (nSPS) is 15.8. The van der Waals surface area contributed by atoms with Crippen LogP contribution in [0.2, 0.25) is 0 Å². The van der Waals surface area contributed by atoms with Gasteiger partial charge >= 0.3 is 13.3 Å². The number of rotatable bonds is 4. The summed E-state index contributed by atoms with van der Waals surface area (Å²) in [5.74, 6) is 0.455. The van der Waals surface area contributed by atoms with Crippen molar-refractivity contribution in [3.63, 3.8) is 0 Å². The molecule has 0 spiro atoms. The molecule has 0 bridgehead atoms. The zero-order valence-corrected chi connectivity index (χ0v) is 11.1. The lowest BCUT2D eigenvalue weighted by Gasteiger charge is -2.30. The Kier molecular flexibility index (Phi) is 4.75. The largest absolute Gasteiger partial charge is 0.707 e. The van der Waals surface area contributed by atoms with Gasteiger partial charge in [0.05, 0.1) is 25.4 Å². The van der Waals surface area contributed by atoms with Crippen molar-refractivity contribution in [3.05, 3.63) is 12.4 Å². The zero-order chi connectivity index (χ0) is 14.5. The molecule has 0 saturated carbocycles. The van der Waals surface area contributed by atoms with Crippen LogP contribution in [0.15, 0.2) is 12.4 Å². The van der Waals surface area contributed by atoms with Crippen molar-refractivity contribution in [1.82, 2.24) is 9.97 Å². The average molecular weight is 281 g/mol. The third kappa shape index (κ3) is 3.58. The van der Waals surface area contributed by atoms with Crippen molar-refractivity contribution in [2.24, 2.45) is 5.92 Å². The van der Waals surface area contributed by atoms with Gasteiger partial charge in [-0.05, 0) is 12.8 Å². The molecule has 1 aromatic rings. The minimum atomic E-state index is -1.89. The van der Waals surface area contributed by atoms with Gasteiger partial charge in [0.1, 0.15) is 5.75 Å². The predicted molar refractivity (Wildman–Crippen MR) is 69.8 cm³/mol. The molecule has 1 aromatic heterocycles. The molecular weight excluding hydrogens is 265 g/mol. The van der Waals surface area contributed by atoms with Crippen LogP contribution in [0.5, 0.6) is 5.75 Å². The first-order valence-corrected chi connectivity index (χ1v) is 6.27. The Bertz CT molecular complexity index is 448. The van der Waals surface area contributed by atoms with E-state index in [4.69, 9.17) is 14.8 Å². The molecular formula is C11H16BN3O5. The monoisotopic (exact) mass is 281 g/mol. The van der Waals surface area contributed by atoms with Crippen molar-refractivity contribution >= 4 is 19.2 Å². The zero-order valence-electron chi connectivity index (χ0n) is 11.1. The second-order valence-electron chi connectivity index (χ2n) is 4.45. The lowest BCUT2D eigenvalue weighted by Crippen LogP contribution is -2.37. The van der Waals surface area contributed by atoms with Crippen LogP contribution in [0.1, 0.15) is 12.8 Å². The third-order valence-electron chi connectivity index (χ3n) is 3.17. The van der Waals surface area contributed by atoms with Crippen molar-refractivity contribution < 1.29 is 24.2 Å². The summed E-state index contributed by atoms with van der Waals surface area (Å²) in [6, 6.07) is 0. The molecule has 1 saturated heterocycles. The predicted octanol–water partition coefficient (Wildman–Crippen LogP) is -0.786. The van der Waals surface area contributed by atoms with Gasteiger partial charge in [-0.3, -0.25) is 4.79 Å². The first-order chi connectivity index (χ1) is 9.60. The minimum absolute atomic E-state index is 0.0663. The van der Waals surface area contributed by atoms with Crippen molar-refractivity contribution in [2.75, 3.05) is 25.1 Å². The first kappa shape index (κ1) is 14.5. The van der Waals surface area contributed by atoms with E-state index in [0.717, 1.165) is 0 Å². The fourth-order valence-electron chi connectivity index (χ4n) is 2.14. The van der Waals surface area contributed by atoms with E-state index in [9.17, 15) is 4.79 Å². The maximum absolute atomic E-state index is 11.4. The van der Waals surface area contributed by atoms with Gasteiger partial charge in [0, 0.05) is 13.1 Å². The maximum Gasteiger partial charge on any atom is 0.707 e. The molecule has 1 aliphatic heterocycles. The van der Waals surface area contributed by atoms with Gasteiger partial charge in [0.25, 0.3) is 0 Å². The van der Waals surface area contributed by atoms with E-state index in [0.29, 0.717) is 31.9 Å². The summed E-state index contributed by atoms with van der Waals surface area (Å²) in [4.78, 5) is 21.6. The molecule has 2 rings (SSSR count). The molecule has 1 aliphatic rings. The van der Waals surface area contributed by atoms with E-state index in [1.54, 1.807) is 0 Å². The smallest absolute Gasteiger partial charge is 0.509 e. The van der Waals surface area contributed by atoms with Crippen LogP contribution >= 0.6 is 0 Å². The van der Waals surface area contributed by atoms with Crippen molar-refractivity contribution in [3.8, 4) is 5.75 Å². The summed E-state index contributed by atoms with van der Waals surface area (Å²) >= 11 is 0. The number of ether oxygens (including phenoxy) is 1. The van der Waals surface area contributed by atoms with E-state index in [1.807, 2.05) is 4.90 Å². The fourth-order valence-corrected chi connectivity index (χ4v) is 2.14. The molecule has 0 unspecified atom stereocenters. The summed E-state index contributed by atoms with van der Waals surface area (Å²) in [5, 5.41) is 17.3. The van der Waals surface area contributed by atoms with Gasteiger partial charge in [-0.2, -0.15) is 0 Å². The Balaban J connectivity index is 1.92. The number of anilines is 1. The molecule has 20 heavy (non-hydrogen) atoms. The summed E-state index contributed by atoms with van der Waals surface area (Å²) in [6.45, 7) is 1.34. The molecule has 9 heteroatoms. The van der Waals surface area contributed by atoms with Crippen LogP contribution in [0.3, 0.4) is 0 Å². The fraction of sp³-hybridized carbons (Fsp3) is 0.545. The van der Waals surface area contributed by atoms with Crippen LogP contribution in [-0.4, -0.2) is 53.5 Å². The van der Waals surface area contributed by atoms with Crippen LogP contribution < -0.4 is 9.55 Å². The van der Waals surface area contributed by atoms with E-state index in [2.05, 4.69) is 14.6 Å². The van der Waals surface area contributed by atoms with Gasteiger partial charge in [0.15, 0.2) is 0 Å². The average Bonchev–Trinajstić information content (AvgIpc) is 2.47. The highest BCUT2D eigenvalue weighted by atomic mass is 16.6. The molecule has 1 fully saturated rings. The minimum Gasteiger partial charge on any atom is -0.509 e. The Morgan fingerprint density at radius 3 is 2.45 bits per heavy atom. The number of hydrogen-bond donors (Lipinski definition) is 2. The number of nitrogens with zero attached hydrogens (tertiary/aromatic N) is 3. The third-order valence-corrected chi connectivity index (χ3v) is 3.17. The van der Waals surface area contributed by atoms with E-state index >= 15 is 0 Å². The van der Waals surface area contributed by atoms with Crippen molar-refractivity contribution in [2.45, 2.75) is 12.8 Å². The molecule has 0 amide bonds. The van der Waals surface area contributed by atoms with Gasteiger partial charge in [-0.25, -0.2) is 9.97 Å². The molecule has 0 radical (unpaired) electrons. The lowest BCUT2D eigenvalue weighted by atomic mass is 9.97. The maximum atomic E-state index is 11.4. The standard InChI is InChI=1S/C11H16BN3O5/c1-19-10(16)8-2-4-15(5-3-8)11-13-6-9(7-14-11)20-12(17)18/h6-8,17-18H,2-5H2,1H3. The highest BCUT2D eigenvalue weighted by molar-refractivity contribution is 6.33. The molecule has 2 N–H and O–H groups in total. The number of esters is 1. The summed E-state index contributed by atoms with van der Waals surface area (Å²) in [7, 11) is -0.494. The lowest BCUT2D eigenvalue weighted by molar-refractivity contribution is -0.146. The SMILES string of the molecule is COC(=O)C1CCN(c2ncc(OB(O)O)cn2)CC1. The van der Waals surface area contributed by atoms with Gasteiger partial charge in [0.2, 0.25) is 5.95 Å². The Morgan fingerprint density at radius 2 is 1.95 bits per heavy atom. The number of hydrogen-bond acceptors (Lipinski definition) is 8. The Morgan fingerprint density at radius 1 is 1.35 bits per heavy atom. The number of carbonyl (C=O) groups is 1. The topological polar surface area (TPSA) is 105 Å². The molecule has 2 heterocycles. The first-order valence-electron chi connectivity index (χ1n) is 6.27. The molecule has 0 aromatic carbocycles. The number of methoxy groups -OCH3 is 1. The van der Waals surface area contributed by atoms with Crippen LogP contribution in [0, 0.1) is 5.92 Å². The number of aromatic nitrogens is 2. The van der Waals surface area contributed by atoms with Crippen LogP contribution in [-0.2, 0) is 9.53 Å². The van der Waals surface area contributed by atoms with E-state index in [1.165, 1.54) is 19.5 Å². The highest BCUT2D eigenvalue weighted by Crippen LogP contribution is 2.22. The van der Waals surface area contributed by atoms with Crippen LogP contribution in [0.25, 0.3) is 0 Å². The molecule has 0 aliphatic carbocycles. The quantitative estimate of drug-likeness (QED) is 0.546. The Hall–Kier alpha value is -1.87. The summed E-state index contributed by atoms with van der Waals surface area (Å²) in [6.07, 6.45) is 4.13. The summed E-state index contributed by atoms with van der Waals surface area (Å²) in [5.41, 5.74) is 0. The van der Waals surface area contributed by atoms with Crippen LogP contribution in [0.4, 0.5) is 5.95 Å². The summed E-state index contributed by atoms with van der Waals surface area (Å²) < 4.78 is 9.36. The van der Waals surface area contributed by atoms with E-state index < -0.39 is 7.32 Å². The van der Waals surface area contributed by atoms with Gasteiger partial charge in [-0.1, -0.05) is 0 Å².